The second kappa shape index (κ2) is 6.57. The van der Waals surface area contributed by atoms with Gasteiger partial charge in [0.2, 0.25) is 0 Å². The Kier molecular flexibility index (Phi) is 4.05. The zero-order valence-electron chi connectivity index (χ0n) is 15.4. The molecule has 2 aromatic carbocycles. The number of nitrogens with zero attached hydrogens (tertiary/aromatic N) is 2. The first kappa shape index (κ1) is 16.6. The highest BCUT2D eigenvalue weighted by Crippen LogP contribution is 2.41. The predicted octanol–water partition coefficient (Wildman–Crippen LogP) is 3.11. The Balaban J connectivity index is 1.61. The quantitative estimate of drug-likeness (QED) is 0.831. The number of rotatable bonds is 2. The van der Waals surface area contributed by atoms with Gasteiger partial charge in [-0.05, 0) is 49.6 Å². The molecule has 0 saturated heterocycles. The van der Waals surface area contributed by atoms with E-state index in [1.54, 1.807) is 0 Å². The maximum absolute atomic E-state index is 12.0. The van der Waals surface area contributed by atoms with Crippen LogP contribution in [0, 0.1) is 0 Å². The highest BCUT2D eigenvalue weighted by molar-refractivity contribution is 5.97. The standard InChI is InChI=1S/C22H25N2O3/c25-22(17-10-11-19-20(15-17)27-14-13-26-19)16-23-12-6-2-5-9-21(23)24(22)18-7-3-1-4-8-18/h1,3-4,7-8,10-11,15,25H,2,5-6,9,12-14,16H2/q+1/t22-/m1/s1. The van der Waals surface area contributed by atoms with Crippen molar-refractivity contribution < 1.29 is 19.2 Å². The van der Waals surface area contributed by atoms with Crippen molar-refractivity contribution in [3.05, 3.63) is 54.1 Å². The van der Waals surface area contributed by atoms with Crippen LogP contribution in [0.3, 0.4) is 0 Å². The van der Waals surface area contributed by atoms with Crippen LogP contribution in [-0.2, 0) is 5.72 Å². The third-order valence-corrected chi connectivity index (χ3v) is 5.75. The maximum Gasteiger partial charge on any atom is 0.275 e. The molecule has 0 amide bonds. The zero-order valence-corrected chi connectivity index (χ0v) is 15.4. The van der Waals surface area contributed by atoms with E-state index >= 15 is 0 Å². The van der Waals surface area contributed by atoms with E-state index < -0.39 is 5.72 Å². The van der Waals surface area contributed by atoms with Crippen molar-refractivity contribution >= 4 is 11.5 Å². The second-order valence-electron chi connectivity index (χ2n) is 7.49. The van der Waals surface area contributed by atoms with Crippen molar-refractivity contribution in [3.63, 3.8) is 0 Å². The number of hydrogen-bond donors (Lipinski definition) is 1. The lowest BCUT2D eigenvalue weighted by Crippen LogP contribution is -2.47. The lowest BCUT2D eigenvalue weighted by atomic mass is 9.99. The topological polar surface area (TPSA) is 44.9 Å². The fourth-order valence-corrected chi connectivity index (χ4v) is 4.48. The molecule has 0 unspecified atom stereocenters. The molecule has 0 fully saturated rings. The lowest BCUT2D eigenvalue weighted by Gasteiger charge is -2.30. The van der Waals surface area contributed by atoms with Crippen LogP contribution < -0.4 is 14.4 Å². The summed E-state index contributed by atoms with van der Waals surface area (Å²) in [5, 5.41) is 12.0. The van der Waals surface area contributed by atoms with Crippen LogP contribution >= 0.6 is 0 Å². The number of hydrogen-bond acceptors (Lipinski definition) is 4. The van der Waals surface area contributed by atoms with Gasteiger partial charge in [0.25, 0.3) is 11.6 Å². The van der Waals surface area contributed by atoms with Crippen molar-refractivity contribution in [3.8, 4) is 11.5 Å². The van der Waals surface area contributed by atoms with Crippen LogP contribution in [0.25, 0.3) is 0 Å². The van der Waals surface area contributed by atoms with Gasteiger partial charge in [-0.1, -0.05) is 18.2 Å². The largest absolute Gasteiger partial charge is 0.486 e. The monoisotopic (exact) mass is 365 g/mol. The molecule has 5 heteroatoms. The van der Waals surface area contributed by atoms with E-state index in [1.807, 2.05) is 36.4 Å². The van der Waals surface area contributed by atoms with Crippen LogP contribution in [0.5, 0.6) is 11.5 Å². The number of anilines is 1. The molecule has 27 heavy (non-hydrogen) atoms. The van der Waals surface area contributed by atoms with Crippen LogP contribution in [0.1, 0.15) is 31.2 Å². The summed E-state index contributed by atoms with van der Waals surface area (Å²) >= 11 is 0. The third-order valence-electron chi connectivity index (χ3n) is 5.75. The average Bonchev–Trinajstić information content (AvgIpc) is 2.84. The summed E-state index contributed by atoms with van der Waals surface area (Å²) in [4.78, 5) is 2.13. The molecule has 0 aliphatic carbocycles. The highest BCUT2D eigenvalue weighted by Gasteiger charge is 2.54. The summed E-state index contributed by atoms with van der Waals surface area (Å²) in [6.07, 6.45) is 4.56. The Morgan fingerprint density at radius 2 is 1.74 bits per heavy atom. The SMILES string of the molecule is O[C@@]1(c2ccc3c(c2)OCCO3)C[N+]2=C(CCCCC2)N1c1ccccc1. The average molecular weight is 365 g/mol. The molecular weight excluding hydrogens is 340 g/mol. The van der Waals surface area contributed by atoms with Gasteiger partial charge in [-0.2, -0.15) is 4.90 Å². The minimum atomic E-state index is -1.12. The first-order valence-corrected chi connectivity index (χ1v) is 9.84. The first-order chi connectivity index (χ1) is 13.3. The molecule has 0 saturated carbocycles. The molecule has 5 rings (SSSR count). The summed E-state index contributed by atoms with van der Waals surface area (Å²) in [5.41, 5.74) is 0.745. The number of amidine groups is 1. The Labute approximate surface area is 159 Å². The van der Waals surface area contributed by atoms with Gasteiger partial charge >= 0.3 is 0 Å². The summed E-state index contributed by atoms with van der Waals surface area (Å²) in [5.74, 6) is 2.68. The van der Waals surface area contributed by atoms with Crippen molar-refractivity contribution in [2.75, 3.05) is 31.2 Å². The number of aliphatic hydroxyl groups is 1. The van der Waals surface area contributed by atoms with Crippen molar-refractivity contribution in [2.45, 2.75) is 31.4 Å². The van der Waals surface area contributed by atoms with Crippen molar-refractivity contribution in [1.29, 1.82) is 0 Å². The van der Waals surface area contributed by atoms with Gasteiger partial charge in [-0.25, -0.2) is 0 Å². The molecule has 3 heterocycles. The molecule has 3 aliphatic heterocycles. The highest BCUT2D eigenvalue weighted by atomic mass is 16.6. The molecule has 0 bridgehead atoms. The van der Waals surface area contributed by atoms with Crippen LogP contribution in [0.4, 0.5) is 5.69 Å². The molecular formula is C22H25N2O3+. The normalized spacial score (nSPS) is 24.6. The van der Waals surface area contributed by atoms with E-state index in [4.69, 9.17) is 9.47 Å². The van der Waals surface area contributed by atoms with Gasteiger partial charge in [-0.15, -0.1) is 0 Å². The van der Waals surface area contributed by atoms with Gasteiger partial charge in [0.15, 0.2) is 18.0 Å². The molecule has 0 aromatic heterocycles. The number of fused-ring (bicyclic) bond motifs is 1. The van der Waals surface area contributed by atoms with E-state index in [-0.39, 0.29) is 0 Å². The Morgan fingerprint density at radius 1 is 0.926 bits per heavy atom. The lowest BCUT2D eigenvalue weighted by molar-refractivity contribution is -0.534. The molecule has 5 nitrogen and oxygen atoms in total. The van der Waals surface area contributed by atoms with E-state index in [1.165, 1.54) is 18.7 Å². The Hall–Kier alpha value is -2.53. The van der Waals surface area contributed by atoms with Crippen LogP contribution in [0.15, 0.2) is 48.5 Å². The summed E-state index contributed by atoms with van der Waals surface area (Å²) < 4.78 is 13.8. The van der Waals surface area contributed by atoms with Gasteiger partial charge in [0.1, 0.15) is 18.9 Å². The first-order valence-electron chi connectivity index (χ1n) is 9.84. The molecule has 3 aliphatic rings. The van der Waals surface area contributed by atoms with E-state index in [0.717, 1.165) is 36.4 Å². The fourth-order valence-electron chi connectivity index (χ4n) is 4.48. The molecule has 140 valence electrons. The Bertz CT molecular complexity index is 880. The Morgan fingerprint density at radius 3 is 2.59 bits per heavy atom. The predicted molar refractivity (Wildman–Crippen MR) is 104 cm³/mol. The summed E-state index contributed by atoms with van der Waals surface area (Å²) in [6, 6.07) is 16.0. The fraction of sp³-hybridized carbons (Fsp3) is 0.409. The van der Waals surface area contributed by atoms with E-state index in [0.29, 0.717) is 25.5 Å². The van der Waals surface area contributed by atoms with E-state index in [2.05, 4.69) is 21.6 Å². The van der Waals surface area contributed by atoms with Crippen LogP contribution in [0.2, 0.25) is 0 Å². The van der Waals surface area contributed by atoms with Gasteiger partial charge in [0.05, 0.1) is 6.54 Å². The van der Waals surface area contributed by atoms with Crippen molar-refractivity contribution in [2.24, 2.45) is 0 Å². The molecule has 0 spiro atoms. The van der Waals surface area contributed by atoms with Gasteiger partial charge in [-0.3, -0.25) is 4.58 Å². The molecule has 2 aromatic rings. The molecule has 0 radical (unpaired) electrons. The number of ether oxygens (including phenoxy) is 2. The van der Waals surface area contributed by atoms with Gasteiger partial charge < -0.3 is 14.6 Å². The van der Waals surface area contributed by atoms with Gasteiger partial charge in [0, 0.05) is 12.0 Å². The number of para-hydroxylation sites is 1. The smallest absolute Gasteiger partial charge is 0.275 e. The second-order valence-corrected chi connectivity index (χ2v) is 7.49. The summed E-state index contributed by atoms with van der Waals surface area (Å²) in [7, 11) is 0. The minimum absolute atomic E-state index is 0.542. The molecule has 1 atom stereocenters. The summed E-state index contributed by atoms with van der Waals surface area (Å²) in [6.45, 7) is 2.67. The minimum Gasteiger partial charge on any atom is -0.486 e. The third kappa shape index (κ3) is 2.77. The van der Waals surface area contributed by atoms with E-state index in [9.17, 15) is 5.11 Å². The van der Waals surface area contributed by atoms with Crippen molar-refractivity contribution in [1.82, 2.24) is 0 Å². The zero-order chi connectivity index (χ0) is 18.3. The number of benzene rings is 2. The maximum atomic E-state index is 12.0. The molecule has 1 N–H and O–H groups in total. The van der Waals surface area contributed by atoms with Crippen LogP contribution in [-0.4, -0.2) is 41.8 Å².